The van der Waals surface area contributed by atoms with E-state index in [1.807, 2.05) is 0 Å². The molecule has 1 aliphatic carbocycles. The van der Waals surface area contributed by atoms with Crippen molar-refractivity contribution in [3.63, 3.8) is 0 Å². The number of nitrogen functional groups attached to an aromatic ring is 1. The average molecular weight is 378 g/mol. The summed E-state index contributed by atoms with van der Waals surface area (Å²) in [6, 6.07) is 6.65. The summed E-state index contributed by atoms with van der Waals surface area (Å²) in [5.41, 5.74) is 5.54. The average Bonchev–Trinajstić information content (AvgIpc) is 2.60. The summed E-state index contributed by atoms with van der Waals surface area (Å²) in [4.78, 5) is 20.0. The summed E-state index contributed by atoms with van der Waals surface area (Å²) in [7, 11) is 0. The minimum atomic E-state index is -4.52. The standard InChI is InChI=1S/C19H21F3N4O/c1-11(27)24-15-9-5-3-7-13(15)16-10-17(23)26-18(25-16)12-6-2-4-8-14(12)19(20,21)22/h2,4,6,8,10,13,15H,3,5,7,9H2,1H3,(H,24,27)(H2,23,25,26). The van der Waals surface area contributed by atoms with Crippen LogP contribution in [0, 0.1) is 0 Å². The SMILES string of the molecule is CC(=O)NC1CCCCC1c1cc(N)nc(-c2ccccc2C(F)(F)F)n1. The summed E-state index contributed by atoms with van der Waals surface area (Å²) in [6.07, 6.45) is -1.01. The molecule has 0 aliphatic heterocycles. The molecular formula is C19H21F3N4O. The van der Waals surface area contributed by atoms with Gasteiger partial charge in [0, 0.05) is 30.5 Å². The molecule has 1 aromatic carbocycles. The van der Waals surface area contributed by atoms with Crippen LogP contribution in [0.5, 0.6) is 0 Å². The molecule has 1 heterocycles. The van der Waals surface area contributed by atoms with Gasteiger partial charge in [0.1, 0.15) is 5.82 Å². The van der Waals surface area contributed by atoms with E-state index >= 15 is 0 Å². The van der Waals surface area contributed by atoms with Gasteiger partial charge in [0.25, 0.3) is 0 Å². The van der Waals surface area contributed by atoms with Crippen LogP contribution in [0.15, 0.2) is 30.3 Å². The summed E-state index contributed by atoms with van der Waals surface area (Å²) in [5, 5.41) is 2.92. The Balaban J connectivity index is 2.04. The van der Waals surface area contributed by atoms with Gasteiger partial charge in [-0.2, -0.15) is 13.2 Å². The van der Waals surface area contributed by atoms with Crippen molar-refractivity contribution >= 4 is 11.7 Å². The van der Waals surface area contributed by atoms with Gasteiger partial charge < -0.3 is 11.1 Å². The number of halogens is 3. The molecular weight excluding hydrogens is 357 g/mol. The molecule has 27 heavy (non-hydrogen) atoms. The van der Waals surface area contributed by atoms with Crippen LogP contribution in [-0.4, -0.2) is 21.9 Å². The third kappa shape index (κ3) is 4.37. The topological polar surface area (TPSA) is 80.9 Å². The first-order chi connectivity index (χ1) is 12.8. The van der Waals surface area contributed by atoms with Gasteiger partial charge >= 0.3 is 6.18 Å². The van der Waals surface area contributed by atoms with Crippen LogP contribution in [0.3, 0.4) is 0 Å². The molecule has 1 amide bonds. The number of nitrogens with one attached hydrogen (secondary N) is 1. The van der Waals surface area contributed by atoms with Gasteiger partial charge in [0.05, 0.1) is 11.3 Å². The van der Waals surface area contributed by atoms with E-state index in [-0.39, 0.29) is 35.1 Å². The highest BCUT2D eigenvalue weighted by molar-refractivity contribution is 5.73. The van der Waals surface area contributed by atoms with Crippen molar-refractivity contribution in [2.75, 3.05) is 5.73 Å². The van der Waals surface area contributed by atoms with Crippen molar-refractivity contribution in [1.82, 2.24) is 15.3 Å². The van der Waals surface area contributed by atoms with E-state index in [4.69, 9.17) is 5.73 Å². The van der Waals surface area contributed by atoms with Crippen molar-refractivity contribution < 1.29 is 18.0 Å². The Morgan fingerprint density at radius 2 is 1.89 bits per heavy atom. The molecule has 3 rings (SSSR count). The number of nitrogens with two attached hydrogens (primary N) is 1. The fraction of sp³-hybridized carbons (Fsp3) is 0.421. The Hall–Kier alpha value is -2.64. The number of carbonyl (C=O) groups is 1. The van der Waals surface area contributed by atoms with E-state index in [0.717, 1.165) is 31.7 Å². The highest BCUT2D eigenvalue weighted by Gasteiger charge is 2.35. The second kappa shape index (κ2) is 7.54. The predicted octanol–water partition coefficient (Wildman–Crippen LogP) is 3.91. The van der Waals surface area contributed by atoms with E-state index in [0.29, 0.717) is 5.69 Å². The fourth-order valence-corrected chi connectivity index (χ4v) is 3.64. The number of alkyl halides is 3. The van der Waals surface area contributed by atoms with Crippen molar-refractivity contribution in [2.45, 2.75) is 50.7 Å². The van der Waals surface area contributed by atoms with Gasteiger partial charge in [0.15, 0.2) is 5.82 Å². The maximum absolute atomic E-state index is 13.4. The maximum atomic E-state index is 13.4. The van der Waals surface area contributed by atoms with Crippen molar-refractivity contribution in [1.29, 1.82) is 0 Å². The largest absolute Gasteiger partial charge is 0.417 e. The molecule has 2 unspecified atom stereocenters. The molecule has 0 radical (unpaired) electrons. The number of hydrogen-bond donors (Lipinski definition) is 2. The number of nitrogens with zero attached hydrogens (tertiary/aromatic N) is 2. The Labute approximate surface area is 155 Å². The molecule has 0 bridgehead atoms. The zero-order valence-electron chi connectivity index (χ0n) is 14.9. The Bertz CT molecular complexity index is 838. The van der Waals surface area contributed by atoms with Gasteiger partial charge in [-0.3, -0.25) is 4.79 Å². The van der Waals surface area contributed by atoms with E-state index in [9.17, 15) is 18.0 Å². The van der Waals surface area contributed by atoms with Crippen LogP contribution < -0.4 is 11.1 Å². The number of anilines is 1. The van der Waals surface area contributed by atoms with Crippen LogP contribution in [0.2, 0.25) is 0 Å². The second-order valence-corrected chi connectivity index (χ2v) is 6.78. The van der Waals surface area contributed by atoms with Gasteiger partial charge in [-0.25, -0.2) is 9.97 Å². The van der Waals surface area contributed by atoms with Crippen LogP contribution in [0.25, 0.3) is 11.4 Å². The van der Waals surface area contributed by atoms with E-state index < -0.39 is 11.7 Å². The number of amides is 1. The minimum absolute atomic E-state index is 0.0509. The first-order valence-corrected chi connectivity index (χ1v) is 8.84. The molecule has 8 heteroatoms. The molecule has 2 aromatic rings. The summed E-state index contributed by atoms with van der Waals surface area (Å²) >= 11 is 0. The van der Waals surface area contributed by atoms with Gasteiger partial charge in [0.2, 0.25) is 5.91 Å². The summed E-state index contributed by atoms with van der Waals surface area (Å²) in [6.45, 7) is 1.45. The number of aromatic nitrogens is 2. The smallest absolute Gasteiger partial charge is 0.384 e. The van der Waals surface area contributed by atoms with Gasteiger partial charge in [-0.05, 0) is 18.9 Å². The first-order valence-electron chi connectivity index (χ1n) is 8.84. The summed E-state index contributed by atoms with van der Waals surface area (Å²) in [5.74, 6) is -0.189. The van der Waals surface area contributed by atoms with Crippen LogP contribution in [0.4, 0.5) is 19.0 Å². The quantitative estimate of drug-likeness (QED) is 0.849. The van der Waals surface area contributed by atoms with E-state index in [2.05, 4.69) is 15.3 Å². The third-order valence-corrected chi connectivity index (χ3v) is 4.77. The number of rotatable bonds is 3. The van der Waals surface area contributed by atoms with E-state index in [1.165, 1.54) is 25.1 Å². The zero-order valence-corrected chi connectivity index (χ0v) is 14.9. The zero-order chi connectivity index (χ0) is 19.6. The predicted molar refractivity (Wildman–Crippen MR) is 95.7 cm³/mol. The first kappa shape index (κ1) is 19.1. The van der Waals surface area contributed by atoms with Gasteiger partial charge in [-0.1, -0.05) is 31.0 Å². The monoisotopic (exact) mass is 378 g/mol. The molecule has 2 atom stereocenters. The normalized spacial score (nSPS) is 20.3. The van der Waals surface area contributed by atoms with Crippen molar-refractivity contribution in [2.24, 2.45) is 0 Å². The van der Waals surface area contributed by atoms with Crippen molar-refractivity contribution in [3.8, 4) is 11.4 Å². The highest BCUT2D eigenvalue weighted by atomic mass is 19.4. The highest BCUT2D eigenvalue weighted by Crippen LogP contribution is 2.37. The summed E-state index contributed by atoms with van der Waals surface area (Å²) < 4.78 is 40.1. The van der Waals surface area contributed by atoms with Crippen LogP contribution in [0.1, 0.15) is 49.8 Å². The Kier molecular flexibility index (Phi) is 5.34. The number of benzene rings is 1. The Morgan fingerprint density at radius 1 is 1.19 bits per heavy atom. The van der Waals surface area contributed by atoms with Crippen LogP contribution >= 0.6 is 0 Å². The van der Waals surface area contributed by atoms with Crippen LogP contribution in [-0.2, 0) is 11.0 Å². The number of carbonyl (C=O) groups excluding carboxylic acids is 1. The third-order valence-electron chi connectivity index (χ3n) is 4.77. The lowest BCUT2D eigenvalue weighted by molar-refractivity contribution is -0.137. The molecule has 1 aromatic heterocycles. The maximum Gasteiger partial charge on any atom is 0.417 e. The molecule has 0 saturated heterocycles. The molecule has 1 saturated carbocycles. The Morgan fingerprint density at radius 3 is 2.59 bits per heavy atom. The lowest BCUT2D eigenvalue weighted by Gasteiger charge is -2.31. The molecule has 1 aliphatic rings. The molecule has 0 spiro atoms. The second-order valence-electron chi connectivity index (χ2n) is 6.78. The van der Waals surface area contributed by atoms with E-state index in [1.54, 1.807) is 6.07 Å². The molecule has 5 nitrogen and oxygen atoms in total. The van der Waals surface area contributed by atoms with Crippen molar-refractivity contribution in [3.05, 3.63) is 41.6 Å². The lowest BCUT2D eigenvalue weighted by atomic mass is 9.82. The van der Waals surface area contributed by atoms with Gasteiger partial charge in [-0.15, -0.1) is 0 Å². The lowest BCUT2D eigenvalue weighted by Crippen LogP contribution is -2.40. The molecule has 3 N–H and O–H groups in total. The molecule has 144 valence electrons. The minimum Gasteiger partial charge on any atom is -0.384 e. The molecule has 1 fully saturated rings. The number of hydrogen-bond acceptors (Lipinski definition) is 4. The fourth-order valence-electron chi connectivity index (χ4n) is 3.64.